The standard InChI is InChI=1S/C13H15N3O2S/c1-9-14-6-12(19-9)7-15-10-3-2-4-11(5-10)16-13(18)8-17/h2-6,15,17H,7-8H2,1H3,(H,16,18). The van der Waals surface area contributed by atoms with Crippen LogP contribution in [-0.2, 0) is 11.3 Å². The molecule has 0 aliphatic carbocycles. The molecule has 0 unspecified atom stereocenters. The zero-order valence-electron chi connectivity index (χ0n) is 10.5. The van der Waals surface area contributed by atoms with Gasteiger partial charge in [-0.25, -0.2) is 4.98 Å². The number of carbonyl (C=O) groups is 1. The summed E-state index contributed by atoms with van der Waals surface area (Å²) in [5.74, 6) is -0.421. The van der Waals surface area contributed by atoms with Gasteiger partial charge in [0.05, 0.1) is 11.6 Å². The smallest absolute Gasteiger partial charge is 0.250 e. The monoisotopic (exact) mass is 277 g/mol. The summed E-state index contributed by atoms with van der Waals surface area (Å²) in [7, 11) is 0. The first kappa shape index (κ1) is 13.5. The van der Waals surface area contributed by atoms with Crippen LogP contribution in [-0.4, -0.2) is 22.6 Å². The maximum atomic E-state index is 11.1. The fourth-order valence-corrected chi connectivity index (χ4v) is 2.32. The molecule has 0 fully saturated rings. The highest BCUT2D eigenvalue weighted by molar-refractivity contribution is 7.11. The van der Waals surface area contributed by atoms with Crippen LogP contribution in [0.2, 0.25) is 0 Å². The molecule has 0 saturated carbocycles. The summed E-state index contributed by atoms with van der Waals surface area (Å²) in [6.45, 7) is 2.15. The number of nitrogens with one attached hydrogen (secondary N) is 2. The van der Waals surface area contributed by atoms with Crippen LogP contribution in [0.5, 0.6) is 0 Å². The molecule has 2 rings (SSSR count). The van der Waals surface area contributed by atoms with E-state index < -0.39 is 12.5 Å². The van der Waals surface area contributed by atoms with E-state index in [2.05, 4.69) is 15.6 Å². The number of benzene rings is 1. The zero-order chi connectivity index (χ0) is 13.7. The number of aromatic nitrogens is 1. The lowest BCUT2D eigenvalue weighted by Gasteiger charge is -2.08. The number of nitrogens with zero attached hydrogens (tertiary/aromatic N) is 1. The van der Waals surface area contributed by atoms with Crippen molar-refractivity contribution in [3.05, 3.63) is 40.3 Å². The van der Waals surface area contributed by atoms with Crippen molar-refractivity contribution in [2.24, 2.45) is 0 Å². The van der Waals surface area contributed by atoms with Gasteiger partial charge in [0, 0.05) is 22.4 Å². The molecule has 1 aromatic carbocycles. The normalized spacial score (nSPS) is 10.2. The van der Waals surface area contributed by atoms with Crippen molar-refractivity contribution in [3.63, 3.8) is 0 Å². The van der Waals surface area contributed by atoms with Crippen molar-refractivity contribution in [1.29, 1.82) is 0 Å². The van der Waals surface area contributed by atoms with Gasteiger partial charge in [-0.15, -0.1) is 11.3 Å². The van der Waals surface area contributed by atoms with Gasteiger partial charge in [-0.1, -0.05) is 6.07 Å². The van der Waals surface area contributed by atoms with E-state index >= 15 is 0 Å². The molecule has 100 valence electrons. The highest BCUT2D eigenvalue weighted by Gasteiger charge is 2.02. The van der Waals surface area contributed by atoms with Gasteiger partial charge in [-0.3, -0.25) is 4.79 Å². The third-order valence-electron chi connectivity index (χ3n) is 2.43. The molecule has 0 spiro atoms. The van der Waals surface area contributed by atoms with Crippen LogP contribution in [0.1, 0.15) is 9.88 Å². The van der Waals surface area contributed by atoms with E-state index in [1.54, 1.807) is 17.4 Å². The minimum atomic E-state index is -0.516. The summed E-state index contributed by atoms with van der Waals surface area (Å²) in [6.07, 6.45) is 1.85. The number of aliphatic hydroxyl groups is 1. The number of aryl methyl sites for hydroxylation is 1. The van der Waals surface area contributed by atoms with Gasteiger partial charge < -0.3 is 15.7 Å². The molecule has 0 atom stereocenters. The van der Waals surface area contributed by atoms with Gasteiger partial charge in [-0.2, -0.15) is 0 Å². The van der Waals surface area contributed by atoms with E-state index in [9.17, 15) is 4.79 Å². The fourth-order valence-electron chi connectivity index (χ4n) is 1.58. The van der Waals surface area contributed by atoms with E-state index in [1.807, 2.05) is 31.3 Å². The van der Waals surface area contributed by atoms with E-state index in [0.717, 1.165) is 15.6 Å². The topological polar surface area (TPSA) is 74.2 Å². The van der Waals surface area contributed by atoms with Crippen LogP contribution >= 0.6 is 11.3 Å². The second kappa shape index (κ2) is 6.31. The molecule has 3 N–H and O–H groups in total. The van der Waals surface area contributed by atoms with Gasteiger partial charge in [0.25, 0.3) is 0 Å². The number of rotatable bonds is 5. The molecule has 1 aromatic heterocycles. The third-order valence-corrected chi connectivity index (χ3v) is 3.34. The number of carbonyl (C=O) groups excluding carboxylic acids is 1. The van der Waals surface area contributed by atoms with Crippen molar-refractivity contribution < 1.29 is 9.90 Å². The molecule has 19 heavy (non-hydrogen) atoms. The number of hydrogen-bond donors (Lipinski definition) is 3. The molecule has 0 radical (unpaired) electrons. The second-order valence-corrected chi connectivity index (χ2v) is 5.31. The number of anilines is 2. The lowest BCUT2D eigenvalue weighted by atomic mass is 10.2. The Labute approximate surface area is 115 Å². The molecule has 0 aliphatic rings. The van der Waals surface area contributed by atoms with Crippen molar-refractivity contribution >= 4 is 28.6 Å². The molecule has 0 saturated heterocycles. The predicted octanol–water partition coefficient (Wildman–Crippen LogP) is 1.99. The molecule has 0 aliphatic heterocycles. The first-order valence-corrected chi connectivity index (χ1v) is 6.65. The Kier molecular flexibility index (Phi) is 4.48. The van der Waals surface area contributed by atoms with E-state index in [1.165, 1.54) is 0 Å². The molecule has 1 heterocycles. The maximum absolute atomic E-state index is 11.1. The zero-order valence-corrected chi connectivity index (χ0v) is 11.3. The summed E-state index contributed by atoms with van der Waals surface area (Å²) in [5.41, 5.74) is 1.56. The van der Waals surface area contributed by atoms with E-state index in [0.29, 0.717) is 12.2 Å². The van der Waals surface area contributed by atoms with Crippen molar-refractivity contribution in [2.45, 2.75) is 13.5 Å². The highest BCUT2D eigenvalue weighted by atomic mass is 32.1. The van der Waals surface area contributed by atoms with Crippen LogP contribution < -0.4 is 10.6 Å². The first-order valence-electron chi connectivity index (χ1n) is 5.83. The summed E-state index contributed by atoms with van der Waals surface area (Å²) in [4.78, 5) is 16.4. The van der Waals surface area contributed by atoms with Crippen LogP contribution in [0.3, 0.4) is 0 Å². The molecule has 5 nitrogen and oxygen atoms in total. The maximum Gasteiger partial charge on any atom is 0.250 e. The Morgan fingerprint density at radius 2 is 2.21 bits per heavy atom. The van der Waals surface area contributed by atoms with Crippen LogP contribution in [0, 0.1) is 6.92 Å². The number of hydrogen-bond acceptors (Lipinski definition) is 5. The Hall–Kier alpha value is -1.92. The second-order valence-electron chi connectivity index (χ2n) is 3.99. The van der Waals surface area contributed by atoms with Crippen molar-refractivity contribution in [3.8, 4) is 0 Å². The predicted molar refractivity (Wildman–Crippen MR) is 76.3 cm³/mol. The van der Waals surface area contributed by atoms with Gasteiger partial charge >= 0.3 is 0 Å². The lowest BCUT2D eigenvalue weighted by molar-refractivity contribution is -0.118. The van der Waals surface area contributed by atoms with Gasteiger partial charge in [0.2, 0.25) is 5.91 Å². The van der Waals surface area contributed by atoms with Crippen LogP contribution in [0.4, 0.5) is 11.4 Å². The molecule has 6 heteroatoms. The molecule has 0 bridgehead atoms. The molecule has 2 aromatic rings. The Balaban J connectivity index is 1.97. The van der Waals surface area contributed by atoms with Gasteiger partial charge in [0.15, 0.2) is 0 Å². The van der Waals surface area contributed by atoms with E-state index in [-0.39, 0.29) is 0 Å². The van der Waals surface area contributed by atoms with Gasteiger partial charge in [0.1, 0.15) is 6.61 Å². The number of aliphatic hydroxyl groups excluding tert-OH is 1. The third kappa shape index (κ3) is 4.04. The Morgan fingerprint density at radius 1 is 1.42 bits per heavy atom. The van der Waals surface area contributed by atoms with Crippen molar-refractivity contribution in [2.75, 3.05) is 17.2 Å². The number of thiazole rings is 1. The average molecular weight is 277 g/mol. The minimum absolute atomic E-state index is 0.421. The molecular weight excluding hydrogens is 262 g/mol. The first-order chi connectivity index (χ1) is 9.17. The largest absolute Gasteiger partial charge is 0.387 e. The summed E-state index contributed by atoms with van der Waals surface area (Å²) in [6, 6.07) is 7.35. The Morgan fingerprint density at radius 3 is 2.89 bits per heavy atom. The molecule has 1 amide bonds. The van der Waals surface area contributed by atoms with Gasteiger partial charge in [-0.05, 0) is 25.1 Å². The van der Waals surface area contributed by atoms with Crippen LogP contribution in [0.25, 0.3) is 0 Å². The quantitative estimate of drug-likeness (QED) is 0.781. The Bertz CT molecular complexity index is 569. The van der Waals surface area contributed by atoms with E-state index in [4.69, 9.17) is 5.11 Å². The highest BCUT2D eigenvalue weighted by Crippen LogP contribution is 2.18. The average Bonchev–Trinajstić information content (AvgIpc) is 2.82. The summed E-state index contributed by atoms with van der Waals surface area (Å²) in [5, 5.41) is 15.6. The minimum Gasteiger partial charge on any atom is -0.387 e. The number of amides is 1. The lowest BCUT2D eigenvalue weighted by Crippen LogP contribution is -2.15. The SMILES string of the molecule is Cc1ncc(CNc2cccc(NC(=O)CO)c2)s1. The van der Waals surface area contributed by atoms with Crippen molar-refractivity contribution in [1.82, 2.24) is 4.98 Å². The van der Waals surface area contributed by atoms with Crippen LogP contribution in [0.15, 0.2) is 30.5 Å². The summed E-state index contributed by atoms with van der Waals surface area (Å²) < 4.78 is 0. The fraction of sp³-hybridized carbons (Fsp3) is 0.231. The molecular formula is C13H15N3O2S. The summed E-state index contributed by atoms with van der Waals surface area (Å²) >= 11 is 1.65.